The van der Waals surface area contributed by atoms with Crippen molar-refractivity contribution in [1.29, 1.82) is 0 Å². The smallest absolute Gasteiger partial charge is 0.251 e. The van der Waals surface area contributed by atoms with Crippen LogP contribution >= 0.6 is 0 Å². The molecule has 10 nitrogen and oxygen atoms in total. The standard InChI is InChI=1S/C21H23N9O/c1-14-9-17(28-30(14)3)11-24-21(31)15-5-4-6-16(10-15)23-12-19-26-27-20(29(19)2)18-7-8-22-13-25-18/h4-10,13,23H,11-12H2,1-3H3,(H,24,31). The van der Waals surface area contributed by atoms with Crippen LogP contribution in [-0.4, -0.2) is 40.4 Å². The zero-order chi connectivity index (χ0) is 21.8. The highest BCUT2D eigenvalue weighted by Crippen LogP contribution is 2.16. The Morgan fingerprint density at radius 1 is 1.10 bits per heavy atom. The van der Waals surface area contributed by atoms with E-state index in [2.05, 4.69) is 35.9 Å². The van der Waals surface area contributed by atoms with E-state index < -0.39 is 0 Å². The fourth-order valence-corrected chi connectivity index (χ4v) is 3.11. The van der Waals surface area contributed by atoms with E-state index in [1.54, 1.807) is 29.1 Å². The zero-order valence-electron chi connectivity index (χ0n) is 17.6. The van der Waals surface area contributed by atoms with Gasteiger partial charge in [0.25, 0.3) is 5.91 Å². The number of aryl methyl sites for hydroxylation is 2. The van der Waals surface area contributed by atoms with Crippen LogP contribution in [0.4, 0.5) is 5.69 Å². The summed E-state index contributed by atoms with van der Waals surface area (Å²) in [6.07, 6.45) is 3.15. The minimum absolute atomic E-state index is 0.156. The van der Waals surface area contributed by atoms with Gasteiger partial charge in [-0.1, -0.05) is 6.07 Å². The summed E-state index contributed by atoms with van der Waals surface area (Å²) in [6, 6.07) is 11.1. The summed E-state index contributed by atoms with van der Waals surface area (Å²) < 4.78 is 3.66. The van der Waals surface area contributed by atoms with Crippen LogP contribution in [0.25, 0.3) is 11.5 Å². The van der Waals surface area contributed by atoms with Crippen molar-refractivity contribution in [2.24, 2.45) is 14.1 Å². The van der Waals surface area contributed by atoms with Gasteiger partial charge in [0.05, 0.1) is 18.8 Å². The van der Waals surface area contributed by atoms with Gasteiger partial charge >= 0.3 is 0 Å². The highest BCUT2D eigenvalue weighted by Gasteiger charge is 2.12. The Balaban J connectivity index is 1.39. The Morgan fingerprint density at radius 3 is 2.71 bits per heavy atom. The van der Waals surface area contributed by atoms with Crippen molar-refractivity contribution in [3.05, 3.63) is 71.7 Å². The third-order valence-electron chi connectivity index (χ3n) is 4.95. The molecule has 0 saturated heterocycles. The molecule has 3 aromatic heterocycles. The summed E-state index contributed by atoms with van der Waals surface area (Å²) in [6.45, 7) is 2.80. The fraction of sp³-hybridized carbons (Fsp3) is 0.238. The Labute approximate surface area is 179 Å². The molecule has 2 N–H and O–H groups in total. The molecule has 0 aliphatic carbocycles. The van der Waals surface area contributed by atoms with Crippen molar-refractivity contribution in [3.8, 4) is 11.5 Å². The van der Waals surface area contributed by atoms with Crippen LogP contribution in [-0.2, 0) is 27.2 Å². The monoisotopic (exact) mass is 417 g/mol. The molecule has 0 saturated carbocycles. The average Bonchev–Trinajstić information content (AvgIpc) is 3.32. The van der Waals surface area contributed by atoms with Gasteiger partial charge in [-0.2, -0.15) is 5.10 Å². The number of nitrogens with zero attached hydrogens (tertiary/aromatic N) is 7. The van der Waals surface area contributed by atoms with E-state index in [1.165, 1.54) is 6.33 Å². The Morgan fingerprint density at radius 2 is 1.97 bits per heavy atom. The van der Waals surface area contributed by atoms with E-state index in [9.17, 15) is 4.79 Å². The van der Waals surface area contributed by atoms with Gasteiger partial charge in [0, 0.05) is 37.2 Å². The summed E-state index contributed by atoms with van der Waals surface area (Å²) in [7, 11) is 3.76. The van der Waals surface area contributed by atoms with E-state index in [-0.39, 0.29) is 5.91 Å². The molecule has 0 bridgehead atoms. The van der Waals surface area contributed by atoms with Gasteiger partial charge in [0.15, 0.2) is 11.6 Å². The maximum Gasteiger partial charge on any atom is 0.251 e. The van der Waals surface area contributed by atoms with E-state index in [4.69, 9.17) is 0 Å². The minimum Gasteiger partial charge on any atom is -0.378 e. The number of carbonyl (C=O) groups excluding carboxylic acids is 1. The van der Waals surface area contributed by atoms with E-state index in [0.717, 1.165) is 22.9 Å². The predicted octanol–water partition coefficient (Wildman–Crippen LogP) is 1.86. The van der Waals surface area contributed by atoms with E-state index >= 15 is 0 Å². The summed E-state index contributed by atoms with van der Waals surface area (Å²) in [5.74, 6) is 1.25. The van der Waals surface area contributed by atoms with Crippen LogP contribution in [0.3, 0.4) is 0 Å². The molecule has 0 aliphatic rings. The Bertz CT molecular complexity index is 1180. The zero-order valence-corrected chi connectivity index (χ0v) is 17.6. The largest absolute Gasteiger partial charge is 0.378 e. The molecule has 3 heterocycles. The van der Waals surface area contributed by atoms with Crippen molar-refractivity contribution in [2.75, 3.05) is 5.32 Å². The fourth-order valence-electron chi connectivity index (χ4n) is 3.11. The van der Waals surface area contributed by atoms with Gasteiger partial charge in [-0.3, -0.25) is 9.48 Å². The lowest BCUT2D eigenvalue weighted by Gasteiger charge is -2.09. The second-order valence-electron chi connectivity index (χ2n) is 7.11. The number of rotatable bonds is 7. The number of carbonyl (C=O) groups is 1. The minimum atomic E-state index is -0.156. The van der Waals surface area contributed by atoms with Crippen LogP contribution in [0.1, 0.15) is 27.6 Å². The van der Waals surface area contributed by atoms with Gasteiger partial charge in [-0.25, -0.2) is 9.97 Å². The lowest BCUT2D eigenvalue weighted by Crippen LogP contribution is -2.23. The first-order valence-electron chi connectivity index (χ1n) is 9.77. The predicted molar refractivity (Wildman–Crippen MR) is 115 cm³/mol. The maximum atomic E-state index is 12.5. The van der Waals surface area contributed by atoms with Gasteiger partial charge < -0.3 is 15.2 Å². The normalized spacial score (nSPS) is 10.8. The quantitative estimate of drug-likeness (QED) is 0.471. The Kier molecular flexibility index (Phi) is 5.69. The molecule has 31 heavy (non-hydrogen) atoms. The summed E-state index contributed by atoms with van der Waals surface area (Å²) in [4.78, 5) is 20.7. The number of hydrogen-bond donors (Lipinski definition) is 2. The molecule has 0 fully saturated rings. The lowest BCUT2D eigenvalue weighted by molar-refractivity contribution is 0.0950. The molecule has 0 spiro atoms. The number of aromatic nitrogens is 7. The van der Waals surface area contributed by atoms with Gasteiger partial charge in [-0.05, 0) is 37.3 Å². The summed E-state index contributed by atoms with van der Waals surface area (Å²) >= 11 is 0. The molecule has 4 rings (SSSR count). The third-order valence-corrected chi connectivity index (χ3v) is 4.95. The number of amides is 1. The first-order valence-corrected chi connectivity index (χ1v) is 9.77. The maximum absolute atomic E-state index is 12.5. The molecule has 4 aromatic rings. The van der Waals surface area contributed by atoms with Crippen molar-refractivity contribution in [2.45, 2.75) is 20.0 Å². The lowest BCUT2D eigenvalue weighted by atomic mass is 10.2. The molecule has 0 atom stereocenters. The second kappa shape index (κ2) is 8.74. The Hall–Kier alpha value is -4.08. The molecule has 1 amide bonds. The first-order chi connectivity index (χ1) is 15.0. The van der Waals surface area contributed by atoms with Gasteiger partial charge in [0.2, 0.25) is 0 Å². The SMILES string of the molecule is Cc1cc(CNC(=O)c2cccc(NCc3nnc(-c4ccncn4)n3C)c2)nn1C. The highest BCUT2D eigenvalue weighted by molar-refractivity contribution is 5.95. The van der Waals surface area contributed by atoms with Crippen LogP contribution in [0.15, 0.2) is 48.9 Å². The van der Waals surface area contributed by atoms with E-state index in [0.29, 0.717) is 30.2 Å². The van der Waals surface area contributed by atoms with Crippen molar-refractivity contribution < 1.29 is 4.79 Å². The molecule has 1 aromatic carbocycles. The third kappa shape index (κ3) is 4.58. The van der Waals surface area contributed by atoms with Gasteiger partial charge in [-0.15, -0.1) is 10.2 Å². The number of anilines is 1. The van der Waals surface area contributed by atoms with Gasteiger partial charge in [0.1, 0.15) is 12.0 Å². The molecule has 10 heteroatoms. The summed E-state index contributed by atoms with van der Waals surface area (Å²) in [5.41, 5.74) is 3.95. The van der Waals surface area contributed by atoms with Crippen LogP contribution in [0.5, 0.6) is 0 Å². The summed E-state index contributed by atoms with van der Waals surface area (Å²) in [5, 5.41) is 19.0. The number of nitrogens with one attached hydrogen (secondary N) is 2. The van der Waals surface area contributed by atoms with Crippen LogP contribution in [0.2, 0.25) is 0 Å². The average molecular weight is 417 g/mol. The van der Waals surface area contributed by atoms with Crippen molar-refractivity contribution >= 4 is 11.6 Å². The highest BCUT2D eigenvalue weighted by atomic mass is 16.1. The van der Waals surface area contributed by atoms with Crippen LogP contribution in [0, 0.1) is 6.92 Å². The molecule has 0 radical (unpaired) electrons. The number of hydrogen-bond acceptors (Lipinski definition) is 7. The molecular formula is C21H23N9O. The van der Waals surface area contributed by atoms with Crippen molar-refractivity contribution in [3.63, 3.8) is 0 Å². The molecule has 0 unspecified atom stereocenters. The van der Waals surface area contributed by atoms with Crippen molar-refractivity contribution in [1.82, 2.24) is 39.8 Å². The van der Waals surface area contributed by atoms with E-state index in [1.807, 2.05) is 43.8 Å². The second-order valence-corrected chi connectivity index (χ2v) is 7.11. The molecular weight excluding hydrogens is 394 g/mol. The molecule has 0 aliphatic heterocycles. The van der Waals surface area contributed by atoms with Crippen LogP contribution < -0.4 is 10.6 Å². The number of benzene rings is 1. The first kappa shape index (κ1) is 20.2. The molecule has 158 valence electrons. The topological polar surface area (TPSA) is 115 Å².